The van der Waals surface area contributed by atoms with E-state index in [1.807, 2.05) is 19.1 Å². The lowest BCUT2D eigenvalue weighted by molar-refractivity contribution is 0.0952. The van der Waals surface area contributed by atoms with Crippen LogP contribution in [0.1, 0.15) is 27.4 Å². The van der Waals surface area contributed by atoms with Crippen molar-refractivity contribution in [1.82, 2.24) is 5.43 Å². The molecule has 0 saturated carbocycles. The molecular weight excluding hydrogens is 368 g/mol. The van der Waals surface area contributed by atoms with E-state index < -0.39 is 5.91 Å². The van der Waals surface area contributed by atoms with Crippen molar-refractivity contribution in [1.29, 1.82) is 0 Å². The zero-order valence-corrected chi connectivity index (χ0v) is 15.2. The molecule has 0 aliphatic rings. The van der Waals surface area contributed by atoms with Gasteiger partial charge in [0.25, 0.3) is 5.91 Å². The van der Waals surface area contributed by atoms with Crippen molar-refractivity contribution in [2.45, 2.75) is 13.5 Å². The molecular formula is C20H17ClN2O4. The fourth-order valence-corrected chi connectivity index (χ4v) is 2.64. The summed E-state index contributed by atoms with van der Waals surface area (Å²) in [5, 5.41) is 14.0. The zero-order chi connectivity index (χ0) is 19.2. The van der Waals surface area contributed by atoms with Crippen molar-refractivity contribution in [2.24, 2.45) is 5.10 Å². The summed E-state index contributed by atoms with van der Waals surface area (Å²) in [6, 6.07) is 15.2. The maximum absolute atomic E-state index is 11.9. The van der Waals surface area contributed by atoms with E-state index in [1.54, 1.807) is 30.3 Å². The number of ether oxygens (including phenoxy) is 1. The minimum absolute atomic E-state index is 0.113. The summed E-state index contributed by atoms with van der Waals surface area (Å²) in [6.07, 6.45) is 1.36. The molecule has 1 aromatic heterocycles. The largest absolute Gasteiger partial charge is 0.507 e. The summed E-state index contributed by atoms with van der Waals surface area (Å²) in [6.45, 7) is 2.12. The third kappa shape index (κ3) is 4.68. The number of carbonyl (C=O) groups excluding carboxylic acids is 1. The fourth-order valence-electron chi connectivity index (χ4n) is 2.36. The number of halogens is 1. The molecule has 2 N–H and O–H groups in total. The van der Waals surface area contributed by atoms with Gasteiger partial charge in [-0.1, -0.05) is 35.9 Å². The van der Waals surface area contributed by atoms with Crippen LogP contribution in [0.15, 0.2) is 64.1 Å². The number of furan rings is 1. The number of nitrogens with one attached hydrogen (secondary N) is 1. The molecule has 0 unspecified atom stereocenters. The molecule has 0 radical (unpaired) electrons. The van der Waals surface area contributed by atoms with Crippen LogP contribution in [0, 0.1) is 6.92 Å². The second kappa shape index (κ2) is 8.42. The van der Waals surface area contributed by atoms with Crippen LogP contribution in [-0.2, 0) is 6.61 Å². The molecule has 7 heteroatoms. The minimum Gasteiger partial charge on any atom is -0.507 e. The molecule has 0 atom stereocenters. The number of aromatic hydroxyl groups is 1. The Labute approximate surface area is 161 Å². The molecule has 138 valence electrons. The van der Waals surface area contributed by atoms with E-state index in [-0.39, 0.29) is 17.9 Å². The number of nitrogens with zero attached hydrogens (tertiary/aromatic N) is 1. The third-order valence-electron chi connectivity index (χ3n) is 3.71. The quantitative estimate of drug-likeness (QED) is 0.490. The van der Waals surface area contributed by atoms with Gasteiger partial charge in [0.15, 0.2) is 0 Å². The van der Waals surface area contributed by atoms with E-state index in [4.69, 9.17) is 20.8 Å². The first-order chi connectivity index (χ1) is 13.0. The van der Waals surface area contributed by atoms with Gasteiger partial charge in [-0.3, -0.25) is 4.79 Å². The predicted molar refractivity (Wildman–Crippen MR) is 102 cm³/mol. The molecule has 0 bridgehead atoms. The Hall–Kier alpha value is -3.25. The van der Waals surface area contributed by atoms with Gasteiger partial charge in [-0.2, -0.15) is 5.10 Å². The second-order valence-electron chi connectivity index (χ2n) is 5.69. The molecule has 2 aromatic carbocycles. The van der Waals surface area contributed by atoms with Gasteiger partial charge in [-0.25, -0.2) is 5.43 Å². The van der Waals surface area contributed by atoms with Gasteiger partial charge in [0.1, 0.15) is 29.6 Å². The molecule has 1 heterocycles. The second-order valence-corrected chi connectivity index (χ2v) is 6.10. The highest BCUT2D eigenvalue weighted by Gasteiger charge is 2.09. The van der Waals surface area contributed by atoms with E-state index in [1.165, 1.54) is 18.3 Å². The Morgan fingerprint density at radius 2 is 2.04 bits per heavy atom. The maximum atomic E-state index is 11.9. The van der Waals surface area contributed by atoms with Crippen LogP contribution >= 0.6 is 11.6 Å². The van der Waals surface area contributed by atoms with E-state index in [9.17, 15) is 9.90 Å². The molecule has 0 spiro atoms. The molecule has 6 nitrogen and oxygen atoms in total. The van der Waals surface area contributed by atoms with Gasteiger partial charge in [0.05, 0.1) is 16.8 Å². The Bertz CT molecular complexity index is 961. The number of hydrazone groups is 1. The Morgan fingerprint density at radius 1 is 1.22 bits per heavy atom. The van der Waals surface area contributed by atoms with Crippen LogP contribution in [0.25, 0.3) is 0 Å². The lowest BCUT2D eigenvalue weighted by atomic mass is 10.2. The fraction of sp³-hybridized carbons (Fsp3) is 0.100. The highest BCUT2D eigenvalue weighted by atomic mass is 35.5. The van der Waals surface area contributed by atoms with Crippen molar-refractivity contribution in [3.63, 3.8) is 0 Å². The molecule has 3 rings (SSSR count). The number of hydrogen-bond acceptors (Lipinski definition) is 5. The SMILES string of the molecule is Cc1cccc(Cl)c1OCc1ccc(/C=N\NC(=O)c2ccccc2O)o1. The van der Waals surface area contributed by atoms with Crippen LogP contribution < -0.4 is 10.2 Å². The number of phenolic OH excluding ortho intramolecular Hbond substituents is 1. The molecule has 27 heavy (non-hydrogen) atoms. The number of phenols is 1. The molecule has 0 aliphatic heterocycles. The number of benzene rings is 2. The van der Waals surface area contributed by atoms with Gasteiger partial charge in [-0.05, 0) is 42.8 Å². The number of hydrogen-bond donors (Lipinski definition) is 2. The summed E-state index contributed by atoms with van der Waals surface area (Å²) < 4.78 is 11.3. The van der Waals surface area contributed by atoms with Crippen molar-refractivity contribution in [3.05, 3.63) is 82.3 Å². The molecule has 0 aliphatic carbocycles. The van der Waals surface area contributed by atoms with E-state index >= 15 is 0 Å². The van der Waals surface area contributed by atoms with Crippen LogP contribution in [-0.4, -0.2) is 17.2 Å². The Balaban J connectivity index is 1.57. The van der Waals surface area contributed by atoms with E-state index in [0.717, 1.165) is 5.56 Å². The van der Waals surface area contributed by atoms with Crippen LogP contribution in [0.2, 0.25) is 5.02 Å². The standard InChI is InChI=1S/C20H17ClN2O4/c1-13-5-4-7-17(21)19(13)26-12-15-10-9-14(27-15)11-22-23-20(25)16-6-2-3-8-18(16)24/h2-11,24H,12H2,1H3,(H,23,25)/b22-11-. The zero-order valence-electron chi connectivity index (χ0n) is 14.5. The molecule has 3 aromatic rings. The molecule has 0 fully saturated rings. The highest BCUT2D eigenvalue weighted by Crippen LogP contribution is 2.28. The van der Waals surface area contributed by atoms with Crippen molar-refractivity contribution >= 4 is 23.7 Å². The number of amides is 1. The van der Waals surface area contributed by atoms with Crippen molar-refractivity contribution in [3.8, 4) is 11.5 Å². The summed E-state index contributed by atoms with van der Waals surface area (Å²) in [5.41, 5.74) is 3.40. The van der Waals surface area contributed by atoms with Crippen molar-refractivity contribution in [2.75, 3.05) is 0 Å². The first-order valence-corrected chi connectivity index (χ1v) is 8.50. The topological polar surface area (TPSA) is 84.1 Å². The number of rotatable bonds is 6. The van der Waals surface area contributed by atoms with Crippen LogP contribution in [0.4, 0.5) is 0 Å². The lowest BCUT2D eigenvalue weighted by Crippen LogP contribution is -2.17. The van der Waals surface area contributed by atoms with Gasteiger partial charge >= 0.3 is 0 Å². The minimum atomic E-state index is -0.520. The average Bonchev–Trinajstić information content (AvgIpc) is 3.09. The lowest BCUT2D eigenvalue weighted by Gasteiger charge is -2.09. The normalized spacial score (nSPS) is 10.9. The van der Waals surface area contributed by atoms with Crippen LogP contribution in [0.5, 0.6) is 11.5 Å². The monoisotopic (exact) mass is 384 g/mol. The average molecular weight is 385 g/mol. The van der Waals surface area contributed by atoms with Crippen molar-refractivity contribution < 1.29 is 19.1 Å². The number of para-hydroxylation sites is 2. The van der Waals surface area contributed by atoms with Gasteiger partial charge in [0.2, 0.25) is 0 Å². The Kier molecular flexibility index (Phi) is 5.78. The molecule has 1 amide bonds. The number of aryl methyl sites for hydroxylation is 1. The van der Waals surface area contributed by atoms with E-state index in [2.05, 4.69) is 10.5 Å². The smallest absolute Gasteiger partial charge is 0.275 e. The van der Waals surface area contributed by atoms with E-state index in [0.29, 0.717) is 22.3 Å². The summed E-state index contributed by atoms with van der Waals surface area (Å²) in [7, 11) is 0. The van der Waals surface area contributed by atoms with Crippen LogP contribution in [0.3, 0.4) is 0 Å². The highest BCUT2D eigenvalue weighted by molar-refractivity contribution is 6.32. The summed E-state index contributed by atoms with van der Waals surface area (Å²) in [4.78, 5) is 11.9. The Morgan fingerprint density at radius 3 is 2.81 bits per heavy atom. The van der Waals surface area contributed by atoms with Gasteiger partial charge in [-0.15, -0.1) is 0 Å². The third-order valence-corrected chi connectivity index (χ3v) is 4.01. The van der Waals surface area contributed by atoms with Gasteiger partial charge in [0, 0.05) is 0 Å². The first-order valence-electron chi connectivity index (χ1n) is 8.12. The summed E-state index contributed by atoms with van der Waals surface area (Å²) in [5.74, 6) is 1.01. The number of carbonyl (C=O) groups is 1. The molecule has 0 saturated heterocycles. The summed E-state index contributed by atoms with van der Waals surface area (Å²) >= 11 is 6.13. The predicted octanol–water partition coefficient (Wildman–Crippen LogP) is 4.29. The maximum Gasteiger partial charge on any atom is 0.275 e. The van der Waals surface area contributed by atoms with Gasteiger partial charge < -0.3 is 14.3 Å². The first kappa shape index (κ1) is 18.5.